The minimum absolute atomic E-state index is 0.532. The van der Waals surface area contributed by atoms with Gasteiger partial charge in [0.25, 0.3) is 0 Å². The van der Waals surface area contributed by atoms with E-state index in [1.54, 1.807) is 0 Å². The van der Waals surface area contributed by atoms with Gasteiger partial charge >= 0.3 is 0 Å². The summed E-state index contributed by atoms with van der Waals surface area (Å²) in [5.41, 5.74) is 1.86. The van der Waals surface area contributed by atoms with Crippen LogP contribution >= 0.6 is 0 Å². The second-order valence-electron chi connectivity index (χ2n) is 6.02. The van der Waals surface area contributed by atoms with E-state index < -0.39 is 0 Å². The van der Waals surface area contributed by atoms with Gasteiger partial charge in [-0.25, -0.2) is 0 Å². The first-order valence-electron chi connectivity index (χ1n) is 6.78. The molecule has 2 rings (SSSR count). The van der Waals surface area contributed by atoms with Crippen LogP contribution in [0.3, 0.4) is 0 Å². The first kappa shape index (κ1) is 12.6. The molecule has 17 heavy (non-hydrogen) atoms. The molecule has 1 aliphatic carbocycles. The second kappa shape index (κ2) is 5.63. The average Bonchev–Trinajstić information content (AvgIpc) is 2.29. The summed E-state index contributed by atoms with van der Waals surface area (Å²) in [5, 5.41) is 3.70. The van der Waals surface area contributed by atoms with Gasteiger partial charge in [-0.2, -0.15) is 0 Å². The Bertz CT molecular complexity index is 332. The van der Waals surface area contributed by atoms with E-state index in [9.17, 15) is 0 Å². The molecule has 1 N–H and O–H groups in total. The topological polar surface area (TPSA) is 24.9 Å². The second-order valence-corrected chi connectivity index (χ2v) is 6.02. The van der Waals surface area contributed by atoms with Crippen LogP contribution in [0.5, 0.6) is 0 Å². The summed E-state index contributed by atoms with van der Waals surface area (Å²) in [5.74, 6) is 0. The van der Waals surface area contributed by atoms with Crippen molar-refractivity contribution >= 4 is 0 Å². The van der Waals surface area contributed by atoms with E-state index in [1.807, 2.05) is 18.5 Å². The molecule has 0 spiro atoms. The largest absolute Gasteiger partial charge is 0.314 e. The Morgan fingerprint density at radius 3 is 3.06 bits per heavy atom. The van der Waals surface area contributed by atoms with Crippen LogP contribution < -0.4 is 5.32 Å². The van der Waals surface area contributed by atoms with Gasteiger partial charge in [0.05, 0.1) is 0 Å². The Morgan fingerprint density at radius 2 is 2.35 bits per heavy atom. The average molecular weight is 232 g/mol. The summed E-state index contributed by atoms with van der Waals surface area (Å²) in [6.45, 7) is 5.86. The first-order chi connectivity index (χ1) is 8.16. The number of nitrogens with one attached hydrogen (secondary N) is 1. The van der Waals surface area contributed by atoms with Crippen molar-refractivity contribution in [2.45, 2.75) is 52.0 Å². The highest BCUT2D eigenvalue weighted by molar-refractivity contribution is 5.08. The van der Waals surface area contributed by atoms with Gasteiger partial charge in [0, 0.05) is 18.4 Å². The number of nitrogens with zero attached hydrogens (tertiary/aromatic N) is 1. The molecule has 0 bridgehead atoms. The van der Waals surface area contributed by atoms with Crippen molar-refractivity contribution in [3.05, 3.63) is 30.1 Å². The van der Waals surface area contributed by atoms with Crippen LogP contribution in [0.1, 0.15) is 45.1 Å². The van der Waals surface area contributed by atoms with Gasteiger partial charge < -0.3 is 5.32 Å². The number of hydrogen-bond acceptors (Lipinski definition) is 2. The number of aromatic nitrogens is 1. The van der Waals surface area contributed by atoms with Crippen molar-refractivity contribution in [3.63, 3.8) is 0 Å². The summed E-state index contributed by atoms with van der Waals surface area (Å²) in [6.07, 6.45) is 10.3. The van der Waals surface area contributed by atoms with Crippen molar-refractivity contribution in [1.29, 1.82) is 0 Å². The van der Waals surface area contributed by atoms with Crippen LogP contribution in [0, 0.1) is 5.41 Å². The van der Waals surface area contributed by atoms with Crippen LogP contribution in [0.4, 0.5) is 0 Å². The van der Waals surface area contributed by atoms with Gasteiger partial charge in [0.1, 0.15) is 0 Å². The van der Waals surface area contributed by atoms with Crippen LogP contribution in [-0.2, 0) is 6.42 Å². The van der Waals surface area contributed by atoms with Gasteiger partial charge in [0.2, 0.25) is 0 Å². The molecule has 2 nitrogen and oxygen atoms in total. The first-order valence-corrected chi connectivity index (χ1v) is 6.78. The predicted octanol–water partition coefficient (Wildman–Crippen LogP) is 3.18. The fourth-order valence-corrected chi connectivity index (χ4v) is 2.84. The Hall–Kier alpha value is -0.890. The third-order valence-electron chi connectivity index (χ3n) is 3.77. The van der Waals surface area contributed by atoms with Crippen molar-refractivity contribution in [2.75, 3.05) is 6.54 Å². The number of rotatable bonds is 4. The molecule has 1 fully saturated rings. The maximum absolute atomic E-state index is 4.15. The normalized spacial score (nSPS) is 23.5. The highest BCUT2D eigenvalue weighted by Crippen LogP contribution is 2.34. The lowest BCUT2D eigenvalue weighted by Gasteiger charge is -2.35. The summed E-state index contributed by atoms with van der Waals surface area (Å²) in [6, 6.07) is 4.88. The zero-order valence-electron chi connectivity index (χ0n) is 11.1. The summed E-state index contributed by atoms with van der Waals surface area (Å²) in [7, 11) is 0. The lowest BCUT2D eigenvalue weighted by Crippen LogP contribution is -2.38. The molecule has 1 atom stereocenters. The lowest BCUT2D eigenvalue weighted by molar-refractivity contribution is 0.199. The van der Waals surface area contributed by atoms with Gasteiger partial charge in [-0.3, -0.25) is 4.98 Å². The van der Waals surface area contributed by atoms with Crippen LogP contribution in [0.15, 0.2) is 24.5 Å². The number of hydrogen-bond donors (Lipinski definition) is 1. The van der Waals surface area contributed by atoms with Crippen molar-refractivity contribution < 1.29 is 0 Å². The Labute approximate surface area is 105 Å². The van der Waals surface area contributed by atoms with Crippen molar-refractivity contribution in [3.8, 4) is 0 Å². The molecule has 1 unspecified atom stereocenters. The molecule has 0 amide bonds. The van der Waals surface area contributed by atoms with Crippen LogP contribution in [0.25, 0.3) is 0 Å². The maximum Gasteiger partial charge on any atom is 0.0300 e. The molecule has 1 aliphatic rings. The Morgan fingerprint density at radius 1 is 1.47 bits per heavy atom. The molecule has 0 aliphatic heterocycles. The van der Waals surface area contributed by atoms with Gasteiger partial charge in [-0.15, -0.1) is 0 Å². The van der Waals surface area contributed by atoms with E-state index in [-0.39, 0.29) is 0 Å². The zero-order chi connectivity index (χ0) is 12.1. The molecule has 2 heteroatoms. The molecule has 0 saturated heterocycles. The maximum atomic E-state index is 4.15. The minimum atomic E-state index is 0.532. The summed E-state index contributed by atoms with van der Waals surface area (Å²) in [4.78, 5) is 4.15. The van der Waals surface area contributed by atoms with Gasteiger partial charge in [-0.05, 0) is 49.3 Å². The zero-order valence-corrected chi connectivity index (χ0v) is 11.1. The molecule has 1 saturated carbocycles. The van der Waals surface area contributed by atoms with E-state index in [0.29, 0.717) is 5.41 Å². The number of pyridine rings is 1. The van der Waals surface area contributed by atoms with E-state index in [1.165, 1.54) is 31.2 Å². The predicted molar refractivity (Wildman–Crippen MR) is 72.0 cm³/mol. The fourth-order valence-electron chi connectivity index (χ4n) is 2.84. The van der Waals surface area contributed by atoms with Crippen LogP contribution in [0.2, 0.25) is 0 Å². The van der Waals surface area contributed by atoms with Gasteiger partial charge in [-0.1, -0.05) is 26.3 Å². The monoisotopic (exact) mass is 232 g/mol. The molecular weight excluding hydrogens is 208 g/mol. The van der Waals surface area contributed by atoms with Crippen molar-refractivity contribution in [2.24, 2.45) is 5.41 Å². The van der Waals surface area contributed by atoms with Gasteiger partial charge in [0.15, 0.2) is 0 Å². The van der Waals surface area contributed by atoms with E-state index in [0.717, 1.165) is 19.0 Å². The molecule has 1 aromatic heterocycles. The molecule has 0 aromatic carbocycles. The SMILES string of the molecule is CC1(C)CCCC(NCCc2cccnc2)C1. The van der Waals surface area contributed by atoms with E-state index in [4.69, 9.17) is 0 Å². The smallest absolute Gasteiger partial charge is 0.0300 e. The van der Waals surface area contributed by atoms with E-state index in [2.05, 4.69) is 30.2 Å². The van der Waals surface area contributed by atoms with E-state index >= 15 is 0 Å². The molecule has 1 aromatic rings. The molecule has 94 valence electrons. The highest BCUT2D eigenvalue weighted by atomic mass is 14.9. The molecule has 1 heterocycles. The third kappa shape index (κ3) is 4.12. The van der Waals surface area contributed by atoms with Crippen molar-refractivity contribution in [1.82, 2.24) is 10.3 Å². The lowest BCUT2D eigenvalue weighted by atomic mass is 9.75. The Balaban J connectivity index is 1.72. The fraction of sp³-hybridized carbons (Fsp3) is 0.667. The summed E-state index contributed by atoms with van der Waals surface area (Å²) < 4.78 is 0. The standard InChI is InChI=1S/C15H24N2/c1-15(2)8-3-6-14(11-15)17-10-7-13-5-4-9-16-12-13/h4-5,9,12,14,17H,3,6-8,10-11H2,1-2H3. The van der Waals surface area contributed by atoms with Crippen LogP contribution in [-0.4, -0.2) is 17.6 Å². The molecular formula is C15H24N2. The third-order valence-corrected chi connectivity index (χ3v) is 3.77. The summed E-state index contributed by atoms with van der Waals surface area (Å²) >= 11 is 0. The molecule has 0 radical (unpaired) electrons. The quantitative estimate of drug-likeness (QED) is 0.862. The minimum Gasteiger partial charge on any atom is -0.314 e. The Kier molecular flexibility index (Phi) is 4.16. The highest BCUT2D eigenvalue weighted by Gasteiger charge is 2.27.